The first-order chi connectivity index (χ1) is 18.4. The Hall–Kier alpha value is -4.59. The van der Waals surface area contributed by atoms with Gasteiger partial charge in [-0.1, -0.05) is 42.5 Å². The van der Waals surface area contributed by atoms with Gasteiger partial charge < -0.3 is 24.1 Å². The molecule has 1 aliphatic carbocycles. The minimum atomic E-state index is -0.950. The van der Waals surface area contributed by atoms with Crippen molar-refractivity contribution in [2.45, 2.75) is 18.8 Å². The van der Waals surface area contributed by atoms with Crippen molar-refractivity contribution in [1.82, 2.24) is 0 Å². The second-order valence-electron chi connectivity index (χ2n) is 8.66. The Balaban J connectivity index is 1.64. The van der Waals surface area contributed by atoms with Crippen LogP contribution in [-0.4, -0.2) is 50.6 Å². The third kappa shape index (κ3) is 5.39. The molecular formula is C30H28O8. The summed E-state index contributed by atoms with van der Waals surface area (Å²) in [5.74, 6) is -1.88. The van der Waals surface area contributed by atoms with E-state index in [1.165, 1.54) is 20.3 Å². The third-order valence-corrected chi connectivity index (χ3v) is 6.48. The Morgan fingerprint density at radius 1 is 0.842 bits per heavy atom. The zero-order valence-corrected chi connectivity index (χ0v) is 21.4. The van der Waals surface area contributed by atoms with Crippen molar-refractivity contribution in [2.24, 2.45) is 0 Å². The summed E-state index contributed by atoms with van der Waals surface area (Å²) in [4.78, 5) is 38.3. The number of ether oxygens (including phenoxy) is 4. The maximum absolute atomic E-state index is 13.1. The lowest BCUT2D eigenvalue weighted by Crippen LogP contribution is -2.28. The normalized spacial score (nSPS) is 13.6. The highest BCUT2D eigenvalue weighted by molar-refractivity contribution is 6.52. The number of benzene rings is 3. The van der Waals surface area contributed by atoms with Crippen molar-refractivity contribution in [3.05, 3.63) is 94.6 Å². The molecule has 0 unspecified atom stereocenters. The molecule has 0 aliphatic heterocycles. The molecule has 196 valence electrons. The van der Waals surface area contributed by atoms with Gasteiger partial charge in [0.1, 0.15) is 11.5 Å². The third-order valence-electron chi connectivity index (χ3n) is 6.48. The Kier molecular flexibility index (Phi) is 8.11. The molecule has 0 aromatic heterocycles. The summed E-state index contributed by atoms with van der Waals surface area (Å²) >= 11 is 0. The van der Waals surface area contributed by atoms with E-state index in [0.29, 0.717) is 30.1 Å². The molecule has 0 fully saturated rings. The first-order valence-electron chi connectivity index (χ1n) is 12.0. The molecular weight excluding hydrogens is 488 g/mol. The van der Waals surface area contributed by atoms with Crippen LogP contribution in [0.2, 0.25) is 0 Å². The van der Waals surface area contributed by atoms with Crippen molar-refractivity contribution in [1.29, 1.82) is 0 Å². The largest absolute Gasteiger partial charge is 0.507 e. The van der Waals surface area contributed by atoms with E-state index >= 15 is 0 Å². The molecule has 0 saturated heterocycles. The maximum atomic E-state index is 13.1. The summed E-state index contributed by atoms with van der Waals surface area (Å²) in [6, 6.07) is 19.0. The minimum Gasteiger partial charge on any atom is -0.507 e. The average molecular weight is 517 g/mol. The fourth-order valence-corrected chi connectivity index (χ4v) is 4.44. The number of ketones is 2. The topological polar surface area (TPSA) is 108 Å². The molecule has 1 N–H and O–H groups in total. The van der Waals surface area contributed by atoms with Gasteiger partial charge in [0.2, 0.25) is 11.6 Å². The smallest absolute Gasteiger partial charge is 0.306 e. The molecule has 0 spiro atoms. The van der Waals surface area contributed by atoms with Crippen LogP contribution in [-0.2, 0) is 20.7 Å². The zero-order chi connectivity index (χ0) is 27.2. The second kappa shape index (κ2) is 11.6. The molecule has 3 aromatic carbocycles. The lowest BCUT2D eigenvalue weighted by Gasteiger charge is -2.25. The molecule has 0 amide bonds. The van der Waals surface area contributed by atoms with Gasteiger partial charge in [0.15, 0.2) is 11.5 Å². The molecule has 0 saturated carbocycles. The number of methoxy groups -OCH3 is 3. The second-order valence-corrected chi connectivity index (χ2v) is 8.66. The number of Topliss-reactive ketones (excluding diaryl/α,β-unsaturated/α-hetero) is 2. The lowest BCUT2D eigenvalue weighted by atomic mass is 9.78. The van der Waals surface area contributed by atoms with E-state index in [1.807, 2.05) is 24.3 Å². The molecule has 0 bridgehead atoms. The van der Waals surface area contributed by atoms with Gasteiger partial charge in [-0.15, -0.1) is 0 Å². The molecule has 8 nitrogen and oxygen atoms in total. The molecule has 38 heavy (non-hydrogen) atoms. The first kappa shape index (κ1) is 26.5. The number of hydrogen-bond donors (Lipinski definition) is 1. The number of esters is 1. The Morgan fingerprint density at radius 3 is 2.21 bits per heavy atom. The van der Waals surface area contributed by atoms with Crippen molar-refractivity contribution in [2.75, 3.05) is 27.9 Å². The number of carbonyl (C=O) groups is 3. The van der Waals surface area contributed by atoms with Crippen LogP contribution < -0.4 is 14.2 Å². The van der Waals surface area contributed by atoms with Crippen LogP contribution in [0.5, 0.6) is 17.2 Å². The van der Waals surface area contributed by atoms with Gasteiger partial charge in [-0.25, -0.2) is 0 Å². The molecule has 8 heteroatoms. The van der Waals surface area contributed by atoms with Gasteiger partial charge in [-0.2, -0.15) is 0 Å². The number of fused-ring (bicyclic) bond motifs is 1. The van der Waals surface area contributed by atoms with Gasteiger partial charge >= 0.3 is 5.97 Å². The summed E-state index contributed by atoms with van der Waals surface area (Å²) in [5.41, 5.74) is 1.76. The van der Waals surface area contributed by atoms with E-state index in [1.54, 1.807) is 43.5 Å². The van der Waals surface area contributed by atoms with Crippen molar-refractivity contribution >= 4 is 23.3 Å². The summed E-state index contributed by atoms with van der Waals surface area (Å²) in [7, 11) is 4.33. The van der Waals surface area contributed by atoms with E-state index in [-0.39, 0.29) is 28.9 Å². The lowest BCUT2D eigenvalue weighted by molar-refractivity contribution is -0.140. The molecule has 0 heterocycles. The van der Waals surface area contributed by atoms with Crippen molar-refractivity contribution < 1.29 is 38.4 Å². The van der Waals surface area contributed by atoms with Crippen LogP contribution in [0.1, 0.15) is 39.4 Å². The SMILES string of the molecule is COC(=O)C[C@@H](C1=C(O)c2ccccc2C(=O)C1=O)c1ccc(OCCc2ccc(OC)cc2)c(OC)c1. The van der Waals surface area contributed by atoms with E-state index in [4.69, 9.17) is 18.9 Å². The molecule has 3 aromatic rings. The zero-order valence-electron chi connectivity index (χ0n) is 21.4. The fourth-order valence-electron chi connectivity index (χ4n) is 4.44. The van der Waals surface area contributed by atoms with Crippen LogP contribution in [0.15, 0.2) is 72.3 Å². The molecule has 1 atom stereocenters. The van der Waals surface area contributed by atoms with Crippen LogP contribution in [0, 0.1) is 0 Å². The summed E-state index contributed by atoms with van der Waals surface area (Å²) < 4.78 is 21.5. The van der Waals surface area contributed by atoms with Crippen LogP contribution >= 0.6 is 0 Å². The van der Waals surface area contributed by atoms with E-state index in [0.717, 1.165) is 11.3 Å². The van der Waals surface area contributed by atoms with E-state index < -0.39 is 23.5 Å². The highest BCUT2D eigenvalue weighted by Gasteiger charge is 2.38. The van der Waals surface area contributed by atoms with Gasteiger partial charge in [-0.05, 0) is 35.4 Å². The predicted octanol–water partition coefficient (Wildman–Crippen LogP) is 4.71. The molecule has 4 rings (SSSR count). The standard InChI is InChI=1S/C30H28O8/c1-35-20-11-8-18(9-12-20)14-15-38-24-13-10-19(16-25(24)36-2)23(17-26(31)37-3)27-28(32)21-6-4-5-7-22(21)29(33)30(27)34/h4-13,16,23,32H,14-15,17H2,1-3H3/t23-/m1/s1. The minimum absolute atomic E-state index is 0.119. The Morgan fingerprint density at radius 2 is 1.55 bits per heavy atom. The first-order valence-corrected chi connectivity index (χ1v) is 12.0. The summed E-state index contributed by atoms with van der Waals surface area (Å²) in [5, 5.41) is 11.1. The summed E-state index contributed by atoms with van der Waals surface area (Å²) in [6.07, 6.45) is 0.383. The number of aliphatic hydroxyl groups excluding tert-OH is 1. The van der Waals surface area contributed by atoms with E-state index in [2.05, 4.69) is 0 Å². The number of aliphatic hydroxyl groups is 1. The van der Waals surface area contributed by atoms with Crippen molar-refractivity contribution in [3.63, 3.8) is 0 Å². The number of rotatable bonds is 10. The van der Waals surface area contributed by atoms with E-state index in [9.17, 15) is 19.5 Å². The number of hydrogen-bond acceptors (Lipinski definition) is 8. The predicted molar refractivity (Wildman–Crippen MR) is 140 cm³/mol. The molecule has 0 radical (unpaired) electrons. The van der Waals surface area contributed by atoms with Gasteiger partial charge in [0.25, 0.3) is 0 Å². The highest BCUT2D eigenvalue weighted by Crippen LogP contribution is 2.40. The number of carbonyl (C=O) groups excluding carboxylic acids is 3. The summed E-state index contributed by atoms with van der Waals surface area (Å²) in [6.45, 7) is 0.378. The quantitative estimate of drug-likeness (QED) is 0.305. The number of allylic oxidation sites excluding steroid dienone is 1. The molecule has 1 aliphatic rings. The van der Waals surface area contributed by atoms with Gasteiger partial charge in [-0.3, -0.25) is 14.4 Å². The fraction of sp³-hybridized carbons (Fsp3) is 0.233. The van der Waals surface area contributed by atoms with Crippen LogP contribution in [0.25, 0.3) is 5.76 Å². The Labute approximate surface area is 220 Å². The average Bonchev–Trinajstić information content (AvgIpc) is 2.95. The monoisotopic (exact) mass is 516 g/mol. The maximum Gasteiger partial charge on any atom is 0.306 e. The van der Waals surface area contributed by atoms with Crippen LogP contribution in [0.4, 0.5) is 0 Å². The Bertz CT molecular complexity index is 1390. The van der Waals surface area contributed by atoms with Crippen molar-refractivity contribution in [3.8, 4) is 17.2 Å². The highest BCUT2D eigenvalue weighted by atomic mass is 16.5. The van der Waals surface area contributed by atoms with Crippen LogP contribution in [0.3, 0.4) is 0 Å². The van der Waals surface area contributed by atoms with Gasteiger partial charge in [0.05, 0.1) is 39.9 Å². The van der Waals surface area contributed by atoms with Gasteiger partial charge in [0, 0.05) is 23.5 Å².